The number of carbonyl (C=O) groups is 6. The third-order valence-electron chi connectivity index (χ3n) is 12.3. The number of carbonyl (C=O) groups excluding carboxylic acids is 4. The van der Waals surface area contributed by atoms with Gasteiger partial charge < -0.3 is 56.5 Å². The number of nitrogens with zero attached hydrogens (tertiary/aromatic N) is 3. The van der Waals surface area contributed by atoms with Gasteiger partial charge in [0, 0.05) is 46.1 Å². The number of hydrogen-bond donors (Lipinski definition) is 6. The van der Waals surface area contributed by atoms with Crippen LogP contribution in [0.15, 0.2) is 78.9 Å². The normalized spacial score (nSPS) is 20.1. The van der Waals surface area contributed by atoms with Gasteiger partial charge >= 0.3 is 12.2 Å². The highest BCUT2D eigenvalue weighted by molar-refractivity contribution is 5.96. The Labute approximate surface area is 355 Å². The molecule has 61 heavy (non-hydrogen) atoms. The summed E-state index contributed by atoms with van der Waals surface area (Å²) in [5, 5.41) is 23.7. The van der Waals surface area contributed by atoms with Gasteiger partial charge in [-0.2, -0.15) is 0 Å². The van der Waals surface area contributed by atoms with E-state index < -0.39 is 70.2 Å². The standard InChI is InChI=1S/C44H57N7O10/c1-41(2,60-5)33(47-39(56)57)35(52)50-24-10-22-43(50,37(45)54)30-18-14-28(15-19-30)26-49(32-12-8-7-9-13-32)27-29-16-20-31(21-17-29)44(38(46)55)23-11-25-51(44)36(53)34(48-40(58)59)42(3,4)61-6/h7-9,12-21,33-34,47-48H,10-11,22-27H2,1-6H3,(H2,45,54)(H2,46,55)(H,56,57)(H,58,59)/t33-,34-,43+,44+/m1/s1. The van der Waals surface area contributed by atoms with Crippen molar-refractivity contribution in [3.8, 4) is 0 Å². The maximum absolute atomic E-state index is 14.1. The zero-order chi connectivity index (χ0) is 44.9. The van der Waals surface area contributed by atoms with E-state index in [0.717, 1.165) is 16.8 Å². The number of carboxylic acid groups (broad SMARTS) is 2. The number of hydrogen-bond acceptors (Lipinski definition) is 9. The van der Waals surface area contributed by atoms with Crippen molar-refractivity contribution in [3.05, 3.63) is 101 Å². The summed E-state index contributed by atoms with van der Waals surface area (Å²) in [6.45, 7) is 7.56. The average molecular weight is 844 g/mol. The van der Waals surface area contributed by atoms with Crippen molar-refractivity contribution >= 4 is 41.5 Å². The van der Waals surface area contributed by atoms with Crippen LogP contribution < -0.4 is 27.0 Å². The minimum Gasteiger partial charge on any atom is -0.465 e. The number of ether oxygens (including phenoxy) is 2. The van der Waals surface area contributed by atoms with E-state index in [1.54, 1.807) is 52.0 Å². The molecule has 17 nitrogen and oxygen atoms in total. The molecule has 3 aromatic rings. The predicted molar refractivity (Wildman–Crippen MR) is 225 cm³/mol. The van der Waals surface area contributed by atoms with Crippen LogP contribution in [0, 0.1) is 0 Å². The Morgan fingerprint density at radius 3 is 1.33 bits per heavy atom. The molecule has 0 aromatic heterocycles. The van der Waals surface area contributed by atoms with Crippen LogP contribution in [0.3, 0.4) is 0 Å². The molecule has 3 aromatic carbocycles. The van der Waals surface area contributed by atoms with Crippen LogP contribution >= 0.6 is 0 Å². The van der Waals surface area contributed by atoms with E-state index in [2.05, 4.69) is 15.5 Å². The highest BCUT2D eigenvalue weighted by atomic mass is 16.5. The van der Waals surface area contributed by atoms with Crippen LogP contribution in [0.2, 0.25) is 0 Å². The van der Waals surface area contributed by atoms with Gasteiger partial charge in [0.25, 0.3) is 0 Å². The van der Waals surface area contributed by atoms with Crippen LogP contribution in [-0.4, -0.2) is 106 Å². The first-order valence-electron chi connectivity index (χ1n) is 20.1. The molecule has 0 unspecified atom stereocenters. The first-order valence-corrected chi connectivity index (χ1v) is 20.1. The number of para-hydroxylation sites is 1. The van der Waals surface area contributed by atoms with Gasteiger partial charge in [0.2, 0.25) is 23.6 Å². The molecule has 17 heteroatoms. The number of methoxy groups -OCH3 is 2. The van der Waals surface area contributed by atoms with E-state index in [1.165, 1.54) is 24.0 Å². The lowest BCUT2D eigenvalue weighted by molar-refractivity contribution is -0.151. The first-order chi connectivity index (χ1) is 28.7. The summed E-state index contributed by atoms with van der Waals surface area (Å²) in [7, 11) is 2.75. The topological polar surface area (TPSA) is 247 Å². The Kier molecular flexibility index (Phi) is 13.7. The van der Waals surface area contributed by atoms with Gasteiger partial charge in [-0.05, 0) is 87.8 Å². The average Bonchev–Trinajstić information content (AvgIpc) is 3.89. The van der Waals surface area contributed by atoms with Crippen LogP contribution in [-0.2, 0) is 52.8 Å². The van der Waals surface area contributed by atoms with E-state index in [4.69, 9.17) is 20.9 Å². The number of nitrogens with one attached hydrogen (secondary N) is 2. The number of rotatable bonds is 17. The molecule has 5 rings (SSSR count). The van der Waals surface area contributed by atoms with Crippen molar-refractivity contribution in [2.45, 2.75) is 101 Å². The van der Waals surface area contributed by atoms with Gasteiger partial charge in [0.1, 0.15) is 23.2 Å². The monoisotopic (exact) mass is 843 g/mol. The summed E-state index contributed by atoms with van der Waals surface area (Å²) in [5.41, 5.74) is 10.3. The van der Waals surface area contributed by atoms with E-state index >= 15 is 0 Å². The zero-order valence-electron chi connectivity index (χ0n) is 35.5. The second-order valence-electron chi connectivity index (χ2n) is 16.6. The Hall–Kier alpha value is -6.20. The maximum Gasteiger partial charge on any atom is 0.405 e. The molecule has 0 bridgehead atoms. The summed E-state index contributed by atoms with van der Waals surface area (Å²) < 4.78 is 11.0. The smallest absolute Gasteiger partial charge is 0.405 e. The minimum absolute atomic E-state index is 0.186. The van der Waals surface area contributed by atoms with Gasteiger partial charge in [0.05, 0.1) is 11.2 Å². The second-order valence-corrected chi connectivity index (χ2v) is 16.6. The number of nitrogens with two attached hydrogens (primary N) is 2. The fourth-order valence-corrected chi connectivity index (χ4v) is 8.58. The summed E-state index contributed by atoms with van der Waals surface area (Å²) in [5.74, 6) is -2.72. The number of anilines is 1. The number of benzene rings is 3. The zero-order valence-corrected chi connectivity index (χ0v) is 35.5. The van der Waals surface area contributed by atoms with Crippen LogP contribution in [0.5, 0.6) is 0 Å². The van der Waals surface area contributed by atoms with Crippen molar-refractivity contribution in [2.75, 3.05) is 32.2 Å². The molecule has 2 saturated heterocycles. The lowest BCUT2D eigenvalue weighted by Gasteiger charge is -2.41. The molecule has 2 fully saturated rings. The molecule has 8 N–H and O–H groups in total. The molecule has 0 saturated carbocycles. The fourth-order valence-electron chi connectivity index (χ4n) is 8.58. The number of amides is 6. The van der Waals surface area contributed by atoms with Crippen molar-refractivity contribution < 1.29 is 48.5 Å². The summed E-state index contributed by atoms with van der Waals surface area (Å²) in [6.07, 6.45) is -1.39. The number of likely N-dealkylation sites (tertiary alicyclic amines) is 2. The molecule has 0 aliphatic carbocycles. The third-order valence-corrected chi connectivity index (χ3v) is 12.3. The van der Waals surface area contributed by atoms with E-state index in [9.17, 15) is 39.0 Å². The second kappa shape index (κ2) is 18.2. The van der Waals surface area contributed by atoms with Crippen LogP contribution in [0.25, 0.3) is 0 Å². The molecular formula is C44H57N7O10. The summed E-state index contributed by atoms with van der Waals surface area (Å²) >= 11 is 0. The molecule has 6 amide bonds. The summed E-state index contributed by atoms with van der Waals surface area (Å²) in [6, 6.07) is 21.6. The van der Waals surface area contributed by atoms with Crippen molar-refractivity contribution in [1.82, 2.24) is 20.4 Å². The molecule has 0 spiro atoms. The Morgan fingerprint density at radius 1 is 0.656 bits per heavy atom. The van der Waals surface area contributed by atoms with Crippen LogP contribution in [0.4, 0.5) is 15.3 Å². The highest BCUT2D eigenvalue weighted by Crippen LogP contribution is 2.42. The lowest BCUT2D eigenvalue weighted by Crippen LogP contribution is -2.63. The number of primary amides is 2. The fraction of sp³-hybridized carbons (Fsp3) is 0.455. The molecule has 2 heterocycles. The Bertz CT molecular complexity index is 1970. The van der Waals surface area contributed by atoms with Gasteiger partial charge in [-0.15, -0.1) is 0 Å². The van der Waals surface area contributed by atoms with Gasteiger partial charge in [-0.1, -0.05) is 66.7 Å². The third kappa shape index (κ3) is 9.12. The molecule has 4 atom stereocenters. The van der Waals surface area contributed by atoms with Crippen LogP contribution in [0.1, 0.15) is 75.6 Å². The SMILES string of the molecule is COC(C)(C)[C@H](NC(=O)O)C(=O)N1CCC[C@@]1(C(N)=O)c1ccc(CN(Cc2ccc([C@]3(C(N)=O)CCCN3C(=O)[C@@H](NC(=O)O)C(C)(C)OC)cc2)c2ccccc2)cc1. The van der Waals surface area contributed by atoms with Gasteiger partial charge in [-0.25, -0.2) is 9.59 Å². The molecule has 2 aliphatic rings. The van der Waals surface area contributed by atoms with Crippen molar-refractivity contribution in [2.24, 2.45) is 11.5 Å². The molecular weight excluding hydrogens is 787 g/mol. The Morgan fingerprint density at radius 2 is 1.02 bits per heavy atom. The predicted octanol–water partition coefficient (Wildman–Crippen LogP) is 3.62. The van der Waals surface area contributed by atoms with Gasteiger partial charge in [-0.3, -0.25) is 19.2 Å². The maximum atomic E-state index is 14.1. The highest BCUT2D eigenvalue weighted by Gasteiger charge is 2.55. The van der Waals surface area contributed by atoms with Gasteiger partial charge in [0.15, 0.2) is 0 Å². The summed E-state index contributed by atoms with van der Waals surface area (Å²) in [4.78, 5) is 83.2. The van der Waals surface area contributed by atoms with Crippen molar-refractivity contribution in [3.63, 3.8) is 0 Å². The van der Waals surface area contributed by atoms with E-state index in [1.807, 2.05) is 54.6 Å². The quantitative estimate of drug-likeness (QED) is 0.115. The molecule has 0 radical (unpaired) electrons. The van der Waals surface area contributed by atoms with Crippen molar-refractivity contribution in [1.29, 1.82) is 0 Å². The largest absolute Gasteiger partial charge is 0.465 e. The lowest BCUT2D eigenvalue weighted by atomic mass is 9.84. The Balaban J connectivity index is 1.42. The molecule has 2 aliphatic heterocycles. The van der Waals surface area contributed by atoms with E-state index in [-0.39, 0.29) is 25.9 Å². The minimum atomic E-state index is -1.52. The molecule has 328 valence electrons. The van der Waals surface area contributed by atoms with E-state index in [0.29, 0.717) is 37.1 Å². The first kappa shape index (κ1) is 45.9.